The number of urea groups is 1. The van der Waals surface area contributed by atoms with Crippen LogP contribution >= 0.6 is 11.8 Å². The van der Waals surface area contributed by atoms with E-state index in [4.69, 9.17) is 0 Å². The molecule has 0 bridgehead atoms. The lowest BCUT2D eigenvalue weighted by atomic mass is 9.81. The van der Waals surface area contributed by atoms with Crippen LogP contribution in [0.25, 0.3) is 23.2 Å². The summed E-state index contributed by atoms with van der Waals surface area (Å²) in [4.78, 5) is 21.9. The molecule has 1 N–H and O–H groups in total. The molecule has 0 saturated carbocycles. The van der Waals surface area contributed by atoms with Crippen LogP contribution in [0.5, 0.6) is 5.75 Å². The Morgan fingerprint density at radius 2 is 1.73 bits per heavy atom. The third-order valence-electron chi connectivity index (χ3n) is 7.60. The van der Waals surface area contributed by atoms with E-state index in [1.54, 1.807) is 11.8 Å². The zero-order chi connectivity index (χ0) is 32.3. The molecule has 1 fully saturated rings. The minimum Gasteiger partial charge on any atom is -0.406 e. The fourth-order valence-electron chi connectivity index (χ4n) is 5.67. The van der Waals surface area contributed by atoms with E-state index in [1.165, 1.54) is 57.5 Å². The van der Waals surface area contributed by atoms with Crippen molar-refractivity contribution < 1.29 is 22.7 Å². The molecule has 0 aliphatic carbocycles. The van der Waals surface area contributed by atoms with Gasteiger partial charge in [-0.2, -0.15) is 4.99 Å². The van der Waals surface area contributed by atoms with Crippen LogP contribution in [0.4, 0.5) is 18.0 Å². The second kappa shape index (κ2) is 13.3. The van der Waals surface area contributed by atoms with Crippen LogP contribution in [0.1, 0.15) is 54.0 Å². The van der Waals surface area contributed by atoms with Gasteiger partial charge in [-0.1, -0.05) is 48.9 Å². The molecule has 1 aliphatic heterocycles. The molecule has 1 saturated heterocycles. The highest BCUT2D eigenvalue weighted by molar-refractivity contribution is 8.14. The zero-order valence-corrected chi connectivity index (χ0v) is 26.5. The van der Waals surface area contributed by atoms with Crippen LogP contribution in [-0.2, 0) is 0 Å². The molecular weight excluding hydrogens is 599 g/mol. The molecule has 5 rings (SSSR count). The number of rotatable bonds is 6. The fourth-order valence-corrected chi connectivity index (χ4v) is 7.05. The van der Waals surface area contributed by atoms with E-state index in [-0.39, 0.29) is 11.7 Å². The number of hydrogen-bond donors (Lipinski definition) is 1. The molecule has 2 unspecified atom stereocenters. The van der Waals surface area contributed by atoms with Crippen molar-refractivity contribution in [1.82, 2.24) is 20.1 Å². The van der Waals surface area contributed by atoms with Crippen molar-refractivity contribution in [2.24, 2.45) is 10.9 Å². The van der Waals surface area contributed by atoms with Gasteiger partial charge in [-0.05, 0) is 98.4 Å². The van der Waals surface area contributed by atoms with Crippen LogP contribution in [0, 0.1) is 26.7 Å². The van der Waals surface area contributed by atoms with E-state index in [1.807, 2.05) is 37.3 Å². The number of carbonyl (C=O) groups excluding carboxylic acids is 1. The van der Waals surface area contributed by atoms with Crippen LogP contribution in [0.2, 0.25) is 0 Å². The highest BCUT2D eigenvalue weighted by atomic mass is 32.2. The van der Waals surface area contributed by atoms with Crippen molar-refractivity contribution in [3.05, 3.63) is 101 Å². The molecule has 7 nitrogen and oxygen atoms in total. The first-order valence-corrected chi connectivity index (χ1v) is 15.5. The molecule has 234 valence electrons. The summed E-state index contributed by atoms with van der Waals surface area (Å²) in [7, 11) is 0. The number of carbonyl (C=O) groups is 1. The summed E-state index contributed by atoms with van der Waals surface area (Å²) in [6.45, 7) is 10.4. The van der Waals surface area contributed by atoms with Gasteiger partial charge in [0, 0.05) is 17.2 Å². The van der Waals surface area contributed by atoms with Crippen LogP contribution in [0.15, 0.2) is 77.7 Å². The van der Waals surface area contributed by atoms with Crippen LogP contribution < -0.4 is 10.1 Å². The summed E-state index contributed by atoms with van der Waals surface area (Å²) >= 11 is 1.66. The Bertz CT molecular complexity index is 1720. The van der Waals surface area contributed by atoms with Gasteiger partial charge in [0.15, 0.2) is 5.82 Å². The summed E-state index contributed by atoms with van der Waals surface area (Å²) in [5.41, 5.74) is 7.78. The number of halogens is 3. The van der Waals surface area contributed by atoms with Gasteiger partial charge < -0.3 is 10.1 Å². The highest BCUT2D eigenvalue weighted by Gasteiger charge is 2.32. The fraction of sp³-hybridized carbons (Fsp3) is 0.294. The molecule has 4 aromatic rings. The number of nitrogens with zero attached hydrogens (tertiary/aromatic N) is 4. The van der Waals surface area contributed by atoms with Gasteiger partial charge in [-0.15, -0.1) is 30.0 Å². The Morgan fingerprint density at radius 3 is 2.38 bits per heavy atom. The van der Waals surface area contributed by atoms with Crippen molar-refractivity contribution in [3.8, 4) is 22.8 Å². The lowest BCUT2D eigenvalue weighted by Crippen LogP contribution is -2.28. The number of nitrogens with one attached hydrogen (secondary N) is 1. The van der Waals surface area contributed by atoms with Gasteiger partial charge >= 0.3 is 12.4 Å². The molecule has 1 aliphatic rings. The van der Waals surface area contributed by atoms with Crippen molar-refractivity contribution in [2.45, 2.75) is 53.3 Å². The first kappa shape index (κ1) is 32.0. The number of amides is 2. The van der Waals surface area contributed by atoms with Gasteiger partial charge in [-0.3, -0.25) is 0 Å². The molecule has 3 aromatic carbocycles. The Kier molecular flexibility index (Phi) is 9.48. The summed E-state index contributed by atoms with van der Waals surface area (Å²) in [5.74, 6) is 1.55. The van der Waals surface area contributed by atoms with Crippen molar-refractivity contribution >= 4 is 28.9 Å². The highest BCUT2D eigenvalue weighted by Crippen LogP contribution is 2.41. The predicted molar refractivity (Wildman–Crippen MR) is 173 cm³/mol. The largest absolute Gasteiger partial charge is 0.573 e. The van der Waals surface area contributed by atoms with Crippen molar-refractivity contribution in [3.63, 3.8) is 0 Å². The summed E-state index contributed by atoms with van der Waals surface area (Å²) < 4.78 is 42.7. The molecule has 2 heterocycles. The molecule has 45 heavy (non-hydrogen) atoms. The average molecular weight is 634 g/mol. The number of aromatic nitrogens is 3. The average Bonchev–Trinajstić information content (AvgIpc) is 3.44. The standard InChI is InChI=1S/C34H34F3N5O2S/c1-20-16-22(3)29(23(4)17-20)30-21(2)14-15-45-32(30)40-33(43)39-24(5)18-25-6-8-26(9-7-25)31-38-19-42(41-31)27-10-12-28(13-11-27)44-34(35,36)37/h6-13,16-19,21,30H,14-15H2,1-5H3,(H,39,43)/b24-18+,40-32?. The zero-order valence-electron chi connectivity index (χ0n) is 25.6. The van der Waals surface area contributed by atoms with Gasteiger partial charge in [-0.25, -0.2) is 14.5 Å². The molecular formula is C34H34F3N5O2S. The second-order valence-electron chi connectivity index (χ2n) is 11.3. The number of aliphatic imine (C=N–C) groups is 1. The van der Waals surface area contributed by atoms with Crippen LogP contribution in [0.3, 0.4) is 0 Å². The number of alkyl halides is 3. The minimum atomic E-state index is -4.75. The number of aryl methyl sites for hydroxylation is 3. The summed E-state index contributed by atoms with van der Waals surface area (Å²) in [5, 5.41) is 8.21. The molecule has 0 radical (unpaired) electrons. The van der Waals surface area contributed by atoms with E-state index in [0.717, 1.165) is 28.3 Å². The van der Waals surface area contributed by atoms with Gasteiger partial charge in [0.1, 0.15) is 12.1 Å². The summed E-state index contributed by atoms with van der Waals surface area (Å²) in [6.07, 6.45) is -0.331. The quantitative estimate of drug-likeness (QED) is 0.230. The van der Waals surface area contributed by atoms with Gasteiger partial charge in [0.25, 0.3) is 0 Å². The normalized spacial score (nSPS) is 18.2. The van der Waals surface area contributed by atoms with Gasteiger partial charge in [0.05, 0.1) is 10.7 Å². The van der Waals surface area contributed by atoms with E-state index in [2.05, 4.69) is 65.0 Å². The molecule has 2 atom stereocenters. The summed E-state index contributed by atoms with van der Waals surface area (Å²) in [6, 6.07) is 16.9. The third-order valence-corrected chi connectivity index (χ3v) is 8.68. The second-order valence-corrected chi connectivity index (χ2v) is 12.4. The Labute approximate surface area is 264 Å². The first-order valence-electron chi connectivity index (χ1n) is 14.5. The third kappa shape index (κ3) is 8.02. The Morgan fingerprint density at radius 1 is 1.07 bits per heavy atom. The smallest absolute Gasteiger partial charge is 0.406 e. The number of benzene rings is 3. The monoisotopic (exact) mass is 633 g/mol. The lowest BCUT2D eigenvalue weighted by Gasteiger charge is -2.32. The molecule has 0 spiro atoms. The lowest BCUT2D eigenvalue weighted by molar-refractivity contribution is -0.274. The van der Waals surface area contributed by atoms with Crippen LogP contribution in [-0.4, -0.2) is 38.0 Å². The number of allylic oxidation sites excluding steroid dienone is 1. The predicted octanol–water partition coefficient (Wildman–Crippen LogP) is 8.78. The SMILES string of the molecule is C/C(=C\c1ccc(-c2ncn(-c3ccc(OC(F)(F)F)cc3)n2)cc1)NC(=O)N=C1SCCC(C)C1c1c(C)cc(C)cc1C. The number of thioether (sulfide) groups is 1. The van der Waals surface area contributed by atoms with E-state index in [0.29, 0.717) is 23.1 Å². The number of ether oxygens (including phenoxy) is 1. The Balaban J connectivity index is 1.25. The number of hydrogen-bond acceptors (Lipinski definition) is 5. The molecule has 11 heteroatoms. The Hall–Kier alpha value is -4.38. The maximum Gasteiger partial charge on any atom is 0.573 e. The molecule has 1 aromatic heterocycles. The minimum absolute atomic E-state index is 0.0896. The van der Waals surface area contributed by atoms with Gasteiger partial charge in [0.2, 0.25) is 0 Å². The maximum atomic E-state index is 13.0. The van der Waals surface area contributed by atoms with E-state index < -0.39 is 12.4 Å². The van der Waals surface area contributed by atoms with Crippen molar-refractivity contribution in [2.75, 3.05) is 5.75 Å². The molecule has 2 amide bonds. The van der Waals surface area contributed by atoms with E-state index >= 15 is 0 Å². The van der Waals surface area contributed by atoms with E-state index in [9.17, 15) is 18.0 Å². The van der Waals surface area contributed by atoms with Crippen molar-refractivity contribution in [1.29, 1.82) is 0 Å². The maximum absolute atomic E-state index is 13.0. The first-order chi connectivity index (χ1) is 21.4. The topological polar surface area (TPSA) is 81.4 Å².